The minimum atomic E-state index is -0.528. The molecule has 0 heterocycles. The van der Waals surface area contributed by atoms with Crippen molar-refractivity contribution in [3.8, 4) is 17.6 Å². The monoisotopic (exact) mass is 466 g/mol. The van der Waals surface area contributed by atoms with Crippen molar-refractivity contribution in [3.63, 3.8) is 0 Å². The van der Waals surface area contributed by atoms with Crippen LogP contribution in [0.25, 0.3) is 6.08 Å². The van der Waals surface area contributed by atoms with Crippen molar-refractivity contribution in [1.82, 2.24) is 0 Å². The highest BCUT2D eigenvalue weighted by molar-refractivity contribution is 6.32. The molecule has 0 aliphatic heterocycles. The van der Waals surface area contributed by atoms with Crippen LogP contribution < -0.4 is 14.8 Å². The SMILES string of the molecule is COc1cc(/C=C(\C#N)C(=O)Nc2cccc(Cl)c2C)ccc1OCc1ccc(Cl)cc1. The molecule has 0 saturated carbocycles. The lowest BCUT2D eigenvalue weighted by atomic mass is 10.1. The fourth-order valence-electron chi connectivity index (χ4n) is 2.88. The van der Waals surface area contributed by atoms with Gasteiger partial charge in [-0.05, 0) is 66.1 Å². The Bertz CT molecular complexity index is 1200. The Balaban J connectivity index is 1.77. The van der Waals surface area contributed by atoms with E-state index in [0.717, 1.165) is 11.1 Å². The molecule has 1 amide bonds. The Labute approximate surface area is 196 Å². The molecule has 7 heteroatoms. The fraction of sp³-hybridized carbons (Fsp3) is 0.120. The average molecular weight is 467 g/mol. The Morgan fingerprint density at radius 3 is 2.53 bits per heavy atom. The van der Waals surface area contributed by atoms with Crippen LogP contribution in [0.1, 0.15) is 16.7 Å². The molecule has 3 aromatic rings. The van der Waals surface area contributed by atoms with Crippen molar-refractivity contribution >= 4 is 40.9 Å². The summed E-state index contributed by atoms with van der Waals surface area (Å²) in [6, 6.07) is 19.7. The molecule has 0 atom stereocenters. The minimum absolute atomic E-state index is 0.0544. The van der Waals surface area contributed by atoms with Crippen LogP contribution in [0, 0.1) is 18.3 Å². The van der Waals surface area contributed by atoms with Gasteiger partial charge in [0.2, 0.25) is 0 Å². The maximum Gasteiger partial charge on any atom is 0.266 e. The number of ether oxygens (including phenoxy) is 2. The van der Waals surface area contributed by atoms with E-state index >= 15 is 0 Å². The molecule has 0 unspecified atom stereocenters. The molecule has 0 bridgehead atoms. The van der Waals surface area contributed by atoms with Crippen molar-refractivity contribution < 1.29 is 14.3 Å². The number of nitriles is 1. The Morgan fingerprint density at radius 2 is 1.84 bits per heavy atom. The van der Waals surface area contributed by atoms with E-state index < -0.39 is 5.91 Å². The molecule has 32 heavy (non-hydrogen) atoms. The number of methoxy groups -OCH3 is 1. The molecule has 5 nitrogen and oxygen atoms in total. The summed E-state index contributed by atoms with van der Waals surface area (Å²) in [6.45, 7) is 2.13. The van der Waals surface area contributed by atoms with Crippen LogP contribution in [0.3, 0.4) is 0 Å². The first-order valence-corrected chi connectivity index (χ1v) is 10.4. The summed E-state index contributed by atoms with van der Waals surface area (Å²) in [5, 5.41) is 13.4. The molecule has 0 spiro atoms. The zero-order chi connectivity index (χ0) is 23.1. The molecule has 3 aromatic carbocycles. The molecule has 1 N–H and O–H groups in total. The zero-order valence-corrected chi connectivity index (χ0v) is 19.0. The van der Waals surface area contributed by atoms with Crippen LogP contribution in [0.2, 0.25) is 10.0 Å². The largest absolute Gasteiger partial charge is 0.493 e. The second-order valence-electron chi connectivity index (χ2n) is 6.86. The minimum Gasteiger partial charge on any atom is -0.493 e. The maximum absolute atomic E-state index is 12.6. The number of amides is 1. The fourth-order valence-corrected chi connectivity index (χ4v) is 3.18. The van der Waals surface area contributed by atoms with Gasteiger partial charge in [0.15, 0.2) is 11.5 Å². The molecule has 3 rings (SSSR count). The van der Waals surface area contributed by atoms with E-state index in [1.54, 1.807) is 55.5 Å². The lowest BCUT2D eigenvalue weighted by molar-refractivity contribution is -0.112. The van der Waals surface area contributed by atoms with Gasteiger partial charge in [0, 0.05) is 15.7 Å². The highest BCUT2D eigenvalue weighted by Gasteiger charge is 2.13. The topological polar surface area (TPSA) is 71.3 Å². The van der Waals surface area contributed by atoms with Crippen LogP contribution in [-0.2, 0) is 11.4 Å². The molecule has 0 aromatic heterocycles. The third kappa shape index (κ3) is 5.82. The van der Waals surface area contributed by atoms with Gasteiger partial charge >= 0.3 is 0 Å². The smallest absolute Gasteiger partial charge is 0.266 e. The van der Waals surface area contributed by atoms with Crippen molar-refractivity contribution in [2.45, 2.75) is 13.5 Å². The van der Waals surface area contributed by atoms with Gasteiger partial charge in [-0.15, -0.1) is 0 Å². The number of nitrogens with zero attached hydrogens (tertiary/aromatic N) is 1. The molecule has 0 aliphatic rings. The number of rotatable bonds is 7. The Morgan fingerprint density at radius 1 is 1.09 bits per heavy atom. The number of hydrogen-bond acceptors (Lipinski definition) is 4. The average Bonchev–Trinajstić information content (AvgIpc) is 2.80. The summed E-state index contributed by atoms with van der Waals surface area (Å²) in [5.74, 6) is 0.494. The van der Waals surface area contributed by atoms with Gasteiger partial charge in [-0.1, -0.05) is 47.5 Å². The molecule has 0 aliphatic carbocycles. The molecule has 0 radical (unpaired) electrons. The molecule has 0 saturated heterocycles. The third-order valence-corrected chi connectivity index (χ3v) is 5.35. The summed E-state index contributed by atoms with van der Waals surface area (Å²) >= 11 is 12.0. The summed E-state index contributed by atoms with van der Waals surface area (Å²) < 4.78 is 11.3. The normalized spacial score (nSPS) is 10.9. The predicted molar refractivity (Wildman–Crippen MR) is 127 cm³/mol. The second kappa shape index (κ2) is 10.7. The Hall–Kier alpha value is -3.46. The summed E-state index contributed by atoms with van der Waals surface area (Å²) in [6.07, 6.45) is 1.49. The van der Waals surface area contributed by atoms with Crippen molar-refractivity contribution in [1.29, 1.82) is 5.26 Å². The lowest BCUT2D eigenvalue weighted by Gasteiger charge is -2.12. The standard InChI is InChI=1S/C25H20Cl2N2O3/c1-16-21(27)4-3-5-22(16)29-25(30)19(14-28)12-18-8-11-23(24(13-18)31-2)32-15-17-6-9-20(26)10-7-17/h3-13H,15H2,1-2H3,(H,29,30)/b19-12+. The number of halogens is 2. The van der Waals surface area contributed by atoms with Gasteiger partial charge in [0.1, 0.15) is 18.2 Å². The predicted octanol–water partition coefficient (Wildman–Crippen LogP) is 6.44. The molecular formula is C25H20Cl2N2O3. The van der Waals surface area contributed by atoms with E-state index in [9.17, 15) is 10.1 Å². The number of carbonyl (C=O) groups excluding carboxylic acids is 1. The van der Waals surface area contributed by atoms with Crippen molar-refractivity contribution in [3.05, 3.63) is 93.0 Å². The van der Waals surface area contributed by atoms with Crippen LogP contribution in [0.15, 0.2) is 66.2 Å². The number of hydrogen-bond donors (Lipinski definition) is 1. The molecule has 162 valence electrons. The first-order chi connectivity index (χ1) is 15.4. The summed E-state index contributed by atoms with van der Waals surface area (Å²) in [5.41, 5.74) is 2.80. The van der Waals surface area contributed by atoms with E-state index in [-0.39, 0.29) is 5.57 Å². The number of benzene rings is 3. The van der Waals surface area contributed by atoms with Gasteiger partial charge < -0.3 is 14.8 Å². The number of anilines is 1. The van der Waals surface area contributed by atoms with Crippen molar-refractivity contribution in [2.24, 2.45) is 0 Å². The molecule has 0 fully saturated rings. The van der Waals surface area contributed by atoms with Gasteiger partial charge in [0.25, 0.3) is 5.91 Å². The van der Waals surface area contributed by atoms with Gasteiger partial charge in [-0.25, -0.2) is 0 Å². The van der Waals surface area contributed by atoms with E-state index in [0.29, 0.717) is 39.4 Å². The van der Waals surface area contributed by atoms with Gasteiger partial charge in [0.05, 0.1) is 7.11 Å². The van der Waals surface area contributed by atoms with E-state index in [4.69, 9.17) is 32.7 Å². The first kappa shape index (κ1) is 23.2. The number of carbonyl (C=O) groups is 1. The summed E-state index contributed by atoms with van der Waals surface area (Å²) in [7, 11) is 1.53. The summed E-state index contributed by atoms with van der Waals surface area (Å²) in [4.78, 5) is 12.6. The van der Waals surface area contributed by atoms with Crippen LogP contribution in [0.4, 0.5) is 5.69 Å². The number of nitrogens with one attached hydrogen (secondary N) is 1. The molecular weight excluding hydrogens is 447 g/mol. The highest BCUT2D eigenvalue weighted by atomic mass is 35.5. The van der Waals surface area contributed by atoms with Crippen LogP contribution >= 0.6 is 23.2 Å². The third-order valence-electron chi connectivity index (χ3n) is 4.69. The van der Waals surface area contributed by atoms with Gasteiger partial charge in [-0.2, -0.15) is 5.26 Å². The van der Waals surface area contributed by atoms with E-state index in [1.165, 1.54) is 13.2 Å². The van der Waals surface area contributed by atoms with Gasteiger partial charge in [-0.3, -0.25) is 4.79 Å². The first-order valence-electron chi connectivity index (χ1n) is 9.65. The maximum atomic E-state index is 12.6. The highest BCUT2D eigenvalue weighted by Crippen LogP contribution is 2.30. The lowest BCUT2D eigenvalue weighted by Crippen LogP contribution is -2.14. The zero-order valence-electron chi connectivity index (χ0n) is 17.5. The van der Waals surface area contributed by atoms with E-state index in [2.05, 4.69) is 5.32 Å². The quantitative estimate of drug-likeness (QED) is 0.321. The Kier molecular flexibility index (Phi) is 7.77. The second-order valence-corrected chi connectivity index (χ2v) is 7.71. The van der Waals surface area contributed by atoms with Crippen molar-refractivity contribution in [2.75, 3.05) is 12.4 Å². The van der Waals surface area contributed by atoms with E-state index in [1.807, 2.05) is 18.2 Å². The van der Waals surface area contributed by atoms with Crippen LogP contribution in [0.5, 0.6) is 11.5 Å². The van der Waals surface area contributed by atoms with Crippen LogP contribution in [-0.4, -0.2) is 13.0 Å².